The highest BCUT2D eigenvalue weighted by Crippen LogP contribution is 2.24. The molecule has 1 aromatic carbocycles. The Morgan fingerprint density at radius 3 is 2.67 bits per heavy atom. The van der Waals surface area contributed by atoms with E-state index in [4.69, 9.17) is 4.74 Å². The number of hydrogen-bond donors (Lipinski definition) is 1. The topological polar surface area (TPSA) is 32.7 Å². The van der Waals surface area contributed by atoms with Crippen molar-refractivity contribution >= 4 is 0 Å². The number of rotatable bonds is 5. The number of ether oxygens (including phenoxy) is 1. The molecule has 0 spiro atoms. The Morgan fingerprint density at radius 1 is 1.22 bits per heavy atom. The van der Waals surface area contributed by atoms with E-state index in [0.29, 0.717) is 6.61 Å². The molecule has 0 radical (unpaired) electrons. The van der Waals surface area contributed by atoms with Crippen LogP contribution in [0, 0.1) is 0 Å². The SMILES string of the molecule is CC(O)c1ccccc1OCCN1CCCCC1. The van der Waals surface area contributed by atoms with Gasteiger partial charge in [0.25, 0.3) is 0 Å². The van der Waals surface area contributed by atoms with Crippen molar-refractivity contribution in [1.82, 2.24) is 4.90 Å². The van der Waals surface area contributed by atoms with Crippen LogP contribution in [0.5, 0.6) is 5.75 Å². The number of likely N-dealkylation sites (tertiary alicyclic amines) is 1. The average molecular weight is 249 g/mol. The Bertz CT molecular complexity index is 359. The van der Waals surface area contributed by atoms with Crippen LogP contribution >= 0.6 is 0 Å². The minimum absolute atomic E-state index is 0.476. The smallest absolute Gasteiger partial charge is 0.125 e. The predicted molar refractivity (Wildman–Crippen MR) is 72.9 cm³/mol. The van der Waals surface area contributed by atoms with Crippen LogP contribution in [0.25, 0.3) is 0 Å². The highest BCUT2D eigenvalue weighted by Gasteiger charge is 2.11. The molecule has 2 rings (SSSR count). The van der Waals surface area contributed by atoms with Crippen molar-refractivity contribution in [2.45, 2.75) is 32.3 Å². The van der Waals surface area contributed by atoms with Crippen molar-refractivity contribution in [2.75, 3.05) is 26.2 Å². The number of piperidine rings is 1. The van der Waals surface area contributed by atoms with E-state index < -0.39 is 6.10 Å². The molecular formula is C15H23NO2. The van der Waals surface area contributed by atoms with Gasteiger partial charge in [0, 0.05) is 12.1 Å². The molecule has 3 heteroatoms. The molecule has 18 heavy (non-hydrogen) atoms. The molecule has 1 aliphatic heterocycles. The lowest BCUT2D eigenvalue weighted by Crippen LogP contribution is -2.33. The maximum Gasteiger partial charge on any atom is 0.125 e. The normalized spacial score (nSPS) is 18.6. The van der Waals surface area contributed by atoms with Crippen LogP contribution < -0.4 is 4.74 Å². The first kappa shape index (κ1) is 13.4. The molecule has 1 aliphatic rings. The van der Waals surface area contributed by atoms with E-state index in [9.17, 15) is 5.11 Å². The maximum atomic E-state index is 9.66. The second-order valence-corrected chi connectivity index (χ2v) is 4.96. The van der Waals surface area contributed by atoms with Gasteiger partial charge in [-0.3, -0.25) is 4.90 Å². The number of para-hydroxylation sites is 1. The van der Waals surface area contributed by atoms with Crippen molar-refractivity contribution < 1.29 is 9.84 Å². The van der Waals surface area contributed by atoms with Gasteiger partial charge in [-0.1, -0.05) is 24.6 Å². The van der Waals surface area contributed by atoms with Crippen LogP contribution in [0.1, 0.15) is 37.9 Å². The van der Waals surface area contributed by atoms with Gasteiger partial charge in [-0.2, -0.15) is 0 Å². The number of nitrogens with zero attached hydrogens (tertiary/aromatic N) is 1. The third-order valence-electron chi connectivity index (χ3n) is 3.48. The Hall–Kier alpha value is -1.06. The Morgan fingerprint density at radius 2 is 1.94 bits per heavy atom. The summed E-state index contributed by atoms with van der Waals surface area (Å²) >= 11 is 0. The number of benzene rings is 1. The summed E-state index contributed by atoms with van der Waals surface area (Å²) in [7, 11) is 0. The zero-order chi connectivity index (χ0) is 12.8. The minimum atomic E-state index is -0.476. The van der Waals surface area contributed by atoms with E-state index in [1.165, 1.54) is 32.4 Å². The van der Waals surface area contributed by atoms with Crippen LogP contribution in [-0.2, 0) is 0 Å². The summed E-state index contributed by atoms with van der Waals surface area (Å²) in [5.74, 6) is 0.810. The summed E-state index contributed by atoms with van der Waals surface area (Å²) in [5.41, 5.74) is 0.871. The largest absolute Gasteiger partial charge is 0.492 e. The van der Waals surface area contributed by atoms with Gasteiger partial charge < -0.3 is 9.84 Å². The lowest BCUT2D eigenvalue weighted by atomic mass is 10.1. The van der Waals surface area contributed by atoms with Crippen LogP contribution in [0.4, 0.5) is 0 Å². The molecular weight excluding hydrogens is 226 g/mol. The number of aliphatic hydroxyl groups is 1. The van der Waals surface area contributed by atoms with E-state index in [2.05, 4.69) is 4.90 Å². The highest BCUT2D eigenvalue weighted by molar-refractivity contribution is 5.34. The van der Waals surface area contributed by atoms with Gasteiger partial charge in [0.05, 0.1) is 6.10 Å². The summed E-state index contributed by atoms with van der Waals surface area (Å²) in [5, 5.41) is 9.66. The molecule has 0 aromatic heterocycles. The monoisotopic (exact) mass is 249 g/mol. The fraction of sp³-hybridized carbons (Fsp3) is 0.600. The number of hydrogen-bond acceptors (Lipinski definition) is 3. The van der Waals surface area contributed by atoms with E-state index in [0.717, 1.165) is 17.9 Å². The quantitative estimate of drug-likeness (QED) is 0.870. The van der Waals surface area contributed by atoms with Crippen LogP contribution in [0.2, 0.25) is 0 Å². The fourth-order valence-corrected chi connectivity index (χ4v) is 2.42. The first-order valence-electron chi connectivity index (χ1n) is 6.89. The molecule has 0 bridgehead atoms. The molecule has 1 aromatic rings. The lowest BCUT2D eigenvalue weighted by Gasteiger charge is -2.26. The highest BCUT2D eigenvalue weighted by atomic mass is 16.5. The van der Waals surface area contributed by atoms with Gasteiger partial charge in [-0.05, 0) is 38.9 Å². The summed E-state index contributed by atoms with van der Waals surface area (Å²) in [4.78, 5) is 2.45. The zero-order valence-electron chi connectivity index (χ0n) is 11.1. The second kappa shape index (κ2) is 6.76. The second-order valence-electron chi connectivity index (χ2n) is 4.96. The standard InChI is InChI=1S/C15H23NO2/c1-13(17)14-7-3-4-8-15(14)18-12-11-16-9-5-2-6-10-16/h3-4,7-8,13,17H,2,5-6,9-12H2,1H3. The summed E-state index contributed by atoms with van der Waals surface area (Å²) in [6.45, 7) is 5.84. The summed E-state index contributed by atoms with van der Waals surface area (Å²) < 4.78 is 5.80. The van der Waals surface area contributed by atoms with E-state index >= 15 is 0 Å². The van der Waals surface area contributed by atoms with Gasteiger partial charge in [0.2, 0.25) is 0 Å². The minimum Gasteiger partial charge on any atom is -0.492 e. The molecule has 0 aliphatic carbocycles. The van der Waals surface area contributed by atoms with Crippen LogP contribution in [0.3, 0.4) is 0 Å². The van der Waals surface area contributed by atoms with Crippen molar-refractivity contribution in [3.05, 3.63) is 29.8 Å². The molecule has 0 saturated carbocycles. The molecule has 1 heterocycles. The predicted octanol–water partition coefficient (Wildman–Crippen LogP) is 2.60. The Kier molecular flexibility index (Phi) is 5.02. The van der Waals surface area contributed by atoms with Gasteiger partial charge in [-0.25, -0.2) is 0 Å². The maximum absolute atomic E-state index is 9.66. The molecule has 1 saturated heterocycles. The van der Waals surface area contributed by atoms with Gasteiger partial charge in [0.15, 0.2) is 0 Å². The molecule has 3 nitrogen and oxygen atoms in total. The van der Waals surface area contributed by atoms with Crippen LogP contribution in [0.15, 0.2) is 24.3 Å². The van der Waals surface area contributed by atoms with Crippen molar-refractivity contribution in [3.8, 4) is 5.75 Å². The molecule has 100 valence electrons. The van der Waals surface area contributed by atoms with Gasteiger partial charge in [0.1, 0.15) is 12.4 Å². The molecule has 1 atom stereocenters. The number of aliphatic hydroxyl groups excluding tert-OH is 1. The first-order valence-corrected chi connectivity index (χ1v) is 6.89. The summed E-state index contributed by atoms with van der Waals surface area (Å²) in [6, 6.07) is 7.72. The van der Waals surface area contributed by atoms with Crippen molar-refractivity contribution in [1.29, 1.82) is 0 Å². The molecule has 0 amide bonds. The fourth-order valence-electron chi connectivity index (χ4n) is 2.42. The lowest BCUT2D eigenvalue weighted by molar-refractivity contribution is 0.171. The molecule has 1 fully saturated rings. The van der Waals surface area contributed by atoms with E-state index in [1.807, 2.05) is 24.3 Å². The average Bonchev–Trinajstić information content (AvgIpc) is 2.40. The Balaban J connectivity index is 1.82. The van der Waals surface area contributed by atoms with Crippen molar-refractivity contribution in [3.63, 3.8) is 0 Å². The third-order valence-corrected chi connectivity index (χ3v) is 3.48. The van der Waals surface area contributed by atoms with Gasteiger partial charge >= 0.3 is 0 Å². The molecule has 1 N–H and O–H groups in total. The Labute approximate surface area is 109 Å². The molecule has 1 unspecified atom stereocenters. The third kappa shape index (κ3) is 3.72. The van der Waals surface area contributed by atoms with E-state index in [-0.39, 0.29) is 0 Å². The van der Waals surface area contributed by atoms with Gasteiger partial charge in [-0.15, -0.1) is 0 Å². The zero-order valence-corrected chi connectivity index (χ0v) is 11.1. The van der Waals surface area contributed by atoms with E-state index in [1.54, 1.807) is 6.92 Å². The summed E-state index contributed by atoms with van der Waals surface area (Å²) in [6.07, 6.45) is 3.51. The first-order chi connectivity index (χ1) is 8.77. The van der Waals surface area contributed by atoms with Crippen LogP contribution in [-0.4, -0.2) is 36.2 Å². The van der Waals surface area contributed by atoms with Crippen molar-refractivity contribution in [2.24, 2.45) is 0 Å².